The third-order valence-electron chi connectivity index (χ3n) is 3.68. The van der Waals surface area contributed by atoms with E-state index in [2.05, 4.69) is 4.90 Å². The molecule has 0 atom stereocenters. The maximum Gasteiger partial charge on any atom is 0.410 e. The molecule has 6 heteroatoms. The molecule has 0 aliphatic carbocycles. The van der Waals surface area contributed by atoms with E-state index in [1.165, 1.54) is 6.07 Å². The van der Waals surface area contributed by atoms with Gasteiger partial charge in [-0.3, -0.25) is 4.90 Å². The molecule has 0 radical (unpaired) electrons. The van der Waals surface area contributed by atoms with Crippen LogP contribution in [0.4, 0.5) is 9.18 Å². The molecule has 1 aromatic carbocycles. The number of halogens is 1. The van der Waals surface area contributed by atoms with Gasteiger partial charge in [-0.15, -0.1) is 0 Å². The van der Waals surface area contributed by atoms with Crippen molar-refractivity contribution in [2.75, 3.05) is 26.2 Å². The van der Waals surface area contributed by atoms with Crippen molar-refractivity contribution in [2.45, 2.75) is 39.5 Å². The zero-order chi connectivity index (χ0) is 17.0. The maximum atomic E-state index is 13.6. The van der Waals surface area contributed by atoms with E-state index < -0.39 is 5.60 Å². The quantitative estimate of drug-likeness (QED) is 0.927. The van der Waals surface area contributed by atoms with Crippen LogP contribution in [-0.4, -0.2) is 47.7 Å². The van der Waals surface area contributed by atoms with Crippen molar-refractivity contribution in [2.24, 2.45) is 5.73 Å². The van der Waals surface area contributed by atoms with Crippen LogP contribution < -0.4 is 5.73 Å². The molecule has 0 bridgehead atoms. The van der Waals surface area contributed by atoms with Crippen molar-refractivity contribution < 1.29 is 13.9 Å². The standard InChI is InChI=1S/C17H26FN3O2/c1-17(2,3)23-16(22)21-6-4-20(5-7-21)12-14-8-13(11-19)9-15(18)10-14/h8-10H,4-7,11-12,19H2,1-3H3. The predicted molar refractivity (Wildman–Crippen MR) is 87.4 cm³/mol. The first-order valence-corrected chi connectivity index (χ1v) is 7.95. The van der Waals surface area contributed by atoms with E-state index in [1.54, 1.807) is 11.0 Å². The molecule has 2 rings (SSSR count). The summed E-state index contributed by atoms with van der Waals surface area (Å²) in [5.74, 6) is -0.254. The molecule has 1 fully saturated rings. The maximum absolute atomic E-state index is 13.6. The highest BCUT2D eigenvalue weighted by atomic mass is 19.1. The minimum atomic E-state index is -0.478. The van der Waals surface area contributed by atoms with Gasteiger partial charge in [-0.25, -0.2) is 9.18 Å². The van der Waals surface area contributed by atoms with E-state index in [4.69, 9.17) is 10.5 Å². The fourth-order valence-corrected chi connectivity index (χ4v) is 2.60. The Balaban J connectivity index is 1.87. The minimum absolute atomic E-state index is 0.254. The Hall–Kier alpha value is -1.66. The summed E-state index contributed by atoms with van der Waals surface area (Å²) in [6.45, 7) is 9.30. The molecule has 0 unspecified atom stereocenters. The number of nitrogens with zero attached hydrogens (tertiary/aromatic N) is 2. The van der Waals surface area contributed by atoms with E-state index in [-0.39, 0.29) is 11.9 Å². The van der Waals surface area contributed by atoms with Gasteiger partial charge in [-0.1, -0.05) is 6.07 Å². The Bertz CT molecular complexity index is 549. The molecule has 1 amide bonds. The average molecular weight is 323 g/mol. The lowest BCUT2D eigenvalue weighted by molar-refractivity contribution is 0.0139. The first kappa shape index (κ1) is 17.7. The minimum Gasteiger partial charge on any atom is -0.444 e. The molecule has 0 spiro atoms. The van der Waals surface area contributed by atoms with Crippen molar-refractivity contribution in [3.63, 3.8) is 0 Å². The predicted octanol–water partition coefficient (Wildman–Crippen LogP) is 2.34. The highest BCUT2D eigenvalue weighted by Crippen LogP contribution is 2.15. The Morgan fingerprint density at radius 1 is 1.17 bits per heavy atom. The summed E-state index contributed by atoms with van der Waals surface area (Å²) in [7, 11) is 0. The fraction of sp³-hybridized carbons (Fsp3) is 0.588. The van der Waals surface area contributed by atoms with Crippen LogP contribution in [0.15, 0.2) is 18.2 Å². The lowest BCUT2D eigenvalue weighted by atomic mass is 10.1. The number of hydrogen-bond donors (Lipinski definition) is 1. The van der Waals surface area contributed by atoms with Crippen LogP contribution in [-0.2, 0) is 17.8 Å². The lowest BCUT2D eigenvalue weighted by Gasteiger charge is -2.35. The molecule has 0 saturated carbocycles. The summed E-state index contributed by atoms with van der Waals surface area (Å²) in [5.41, 5.74) is 6.82. The molecule has 128 valence electrons. The molecular formula is C17H26FN3O2. The van der Waals surface area contributed by atoms with E-state index in [9.17, 15) is 9.18 Å². The Morgan fingerprint density at radius 2 is 1.78 bits per heavy atom. The highest BCUT2D eigenvalue weighted by molar-refractivity contribution is 5.68. The topological polar surface area (TPSA) is 58.8 Å². The lowest BCUT2D eigenvalue weighted by Crippen LogP contribution is -2.49. The molecule has 1 aromatic rings. The van der Waals surface area contributed by atoms with Gasteiger partial charge in [0.2, 0.25) is 0 Å². The summed E-state index contributed by atoms with van der Waals surface area (Å²) in [5, 5.41) is 0. The van der Waals surface area contributed by atoms with Gasteiger partial charge in [0.1, 0.15) is 11.4 Å². The number of benzene rings is 1. The number of nitrogens with two attached hydrogens (primary N) is 1. The molecule has 2 N–H and O–H groups in total. The van der Waals surface area contributed by atoms with Crippen molar-refractivity contribution in [1.82, 2.24) is 9.80 Å². The van der Waals surface area contributed by atoms with Gasteiger partial charge in [0, 0.05) is 39.3 Å². The zero-order valence-electron chi connectivity index (χ0n) is 14.1. The Labute approximate surface area is 137 Å². The van der Waals surface area contributed by atoms with E-state index >= 15 is 0 Å². The first-order chi connectivity index (χ1) is 10.8. The summed E-state index contributed by atoms with van der Waals surface area (Å²) in [6, 6.07) is 4.94. The van der Waals surface area contributed by atoms with Crippen molar-refractivity contribution in [1.29, 1.82) is 0 Å². The molecule has 5 nitrogen and oxygen atoms in total. The SMILES string of the molecule is CC(C)(C)OC(=O)N1CCN(Cc2cc(F)cc(CN)c2)CC1. The monoisotopic (exact) mass is 323 g/mol. The van der Waals surface area contributed by atoms with Crippen LogP contribution in [0.2, 0.25) is 0 Å². The normalized spacial score (nSPS) is 16.5. The second-order valence-corrected chi connectivity index (χ2v) is 6.92. The zero-order valence-corrected chi connectivity index (χ0v) is 14.1. The van der Waals surface area contributed by atoms with E-state index in [0.29, 0.717) is 26.2 Å². The second-order valence-electron chi connectivity index (χ2n) is 6.92. The summed E-state index contributed by atoms with van der Waals surface area (Å²) >= 11 is 0. The molecule has 1 heterocycles. The van der Waals surface area contributed by atoms with Gasteiger partial charge in [-0.05, 0) is 44.0 Å². The number of rotatable bonds is 3. The number of carbonyl (C=O) groups is 1. The molecule has 1 aliphatic heterocycles. The third kappa shape index (κ3) is 5.48. The van der Waals surface area contributed by atoms with Gasteiger partial charge >= 0.3 is 6.09 Å². The van der Waals surface area contributed by atoms with Gasteiger partial charge in [-0.2, -0.15) is 0 Å². The van der Waals surface area contributed by atoms with Crippen LogP contribution in [0.25, 0.3) is 0 Å². The number of carbonyl (C=O) groups excluding carboxylic acids is 1. The molecule has 0 aromatic heterocycles. The molecule has 1 aliphatic rings. The molecule has 1 saturated heterocycles. The van der Waals surface area contributed by atoms with Crippen LogP contribution in [0, 0.1) is 5.82 Å². The average Bonchev–Trinajstić information content (AvgIpc) is 2.45. The van der Waals surface area contributed by atoms with Gasteiger partial charge in [0.15, 0.2) is 0 Å². The van der Waals surface area contributed by atoms with Gasteiger partial charge < -0.3 is 15.4 Å². The molecular weight excluding hydrogens is 297 g/mol. The van der Waals surface area contributed by atoms with Crippen molar-refractivity contribution in [3.8, 4) is 0 Å². The Kier molecular flexibility index (Phi) is 5.59. The van der Waals surface area contributed by atoms with Crippen molar-refractivity contribution >= 4 is 6.09 Å². The van der Waals surface area contributed by atoms with Crippen LogP contribution >= 0.6 is 0 Å². The van der Waals surface area contributed by atoms with Crippen molar-refractivity contribution in [3.05, 3.63) is 35.1 Å². The molecule has 23 heavy (non-hydrogen) atoms. The number of amides is 1. The smallest absolute Gasteiger partial charge is 0.410 e. The number of piperazine rings is 1. The van der Waals surface area contributed by atoms with E-state index in [1.807, 2.05) is 26.8 Å². The summed E-state index contributed by atoms with van der Waals surface area (Å²) in [4.78, 5) is 16.0. The first-order valence-electron chi connectivity index (χ1n) is 7.95. The Morgan fingerprint density at radius 3 is 2.35 bits per heavy atom. The summed E-state index contributed by atoms with van der Waals surface area (Å²) in [6.07, 6.45) is -0.270. The number of hydrogen-bond acceptors (Lipinski definition) is 4. The fourth-order valence-electron chi connectivity index (χ4n) is 2.60. The van der Waals surface area contributed by atoms with Crippen LogP contribution in [0.1, 0.15) is 31.9 Å². The highest BCUT2D eigenvalue weighted by Gasteiger charge is 2.25. The van der Waals surface area contributed by atoms with Gasteiger partial charge in [0.05, 0.1) is 0 Å². The summed E-state index contributed by atoms with van der Waals surface area (Å²) < 4.78 is 18.9. The largest absolute Gasteiger partial charge is 0.444 e. The van der Waals surface area contributed by atoms with Crippen LogP contribution in [0.3, 0.4) is 0 Å². The number of ether oxygens (including phenoxy) is 1. The van der Waals surface area contributed by atoms with E-state index in [0.717, 1.165) is 24.2 Å². The van der Waals surface area contributed by atoms with Gasteiger partial charge in [0.25, 0.3) is 0 Å². The second kappa shape index (κ2) is 7.27. The third-order valence-corrected chi connectivity index (χ3v) is 3.68. The van der Waals surface area contributed by atoms with Crippen LogP contribution in [0.5, 0.6) is 0 Å².